The van der Waals surface area contributed by atoms with Crippen LogP contribution in [0.15, 0.2) is 54.6 Å². The fourth-order valence-corrected chi connectivity index (χ4v) is 5.44. The van der Waals surface area contributed by atoms with E-state index in [2.05, 4.69) is 10.3 Å². The van der Waals surface area contributed by atoms with Crippen LogP contribution in [-0.2, 0) is 27.4 Å². The van der Waals surface area contributed by atoms with Crippen LogP contribution in [0.5, 0.6) is 29.0 Å². The zero-order valence-electron chi connectivity index (χ0n) is 25.9. The Morgan fingerprint density at radius 3 is 2.60 bits per heavy atom. The molecule has 1 aromatic heterocycles. The summed E-state index contributed by atoms with van der Waals surface area (Å²) in [4.78, 5) is 47.0. The summed E-state index contributed by atoms with van der Waals surface area (Å²) in [7, 11) is 6.11. The first kappa shape index (κ1) is 31.6. The molecular weight excluding hydrogens is 580 g/mol. The number of amides is 3. The largest absolute Gasteiger partial charge is 0.493 e. The fraction of sp³-hybridized carbons (Fsp3) is 0.394. The molecule has 0 radical (unpaired) electrons. The summed E-state index contributed by atoms with van der Waals surface area (Å²) in [6, 6.07) is 15.9. The molecule has 6 rings (SSSR count). The molecule has 3 aliphatic heterocycles. The second-order valence-corrected chi connectivity index (χ2v) is 11.0. The van der Waals surface area contributed by atoms with Crippen LogP contribution in [0.25, 0.3) is 0 Å². The van der Waals surface area contributed by atoms with Gasteiger partial charge in [0.2, 0.25) is 23.6 Å². The molecule has 3 amide bonds. The van der Waals surface area contributed by atoms with Gasteiger partial charge < -0.3 is 38.8 Å². The molecule has 1 saturated heterocycles. The average molecular weight is 619 g/mol. The van der Waals surface area contributed by atoms with Crippen molar-refractivity contribution in [2.45, 2.75) is 38.0 Å². The van der Waals surface area contributed by atoms with Crippen molar-refractivity contribution in [3.05, 3.63) is 71.3 Å². The van der Waals surface area contributed by atoms with E-state index < -0.39 is 6.10 Å². The maximum Gasteiger partial charge on any atom is 0.259 e. The van der Waals surface area contributed by atoms with Gasteiger partial charge in [-0.05, 0) is 54.3 Å². The van der Waals surface area contributed by atoms with E-state index in [1.54, 1.807) is 31.2 Å². The summed E-state index contributed by atoms with van der Waals surface area (Å²) < 4.78 is 28.6. The van der Waals surface area contributed by atoms with Gasteiger partial charge in [0.15, 0.2) is 11.5 Å². The van der Waals surface area contributed by atoms with E-state index in [1.807, 2.05) is 42.5 Å². The number of carbonyl (C=O) groups excluding carboxylic acids is 3. The Labute approximate surface area is 262 Å². The van der Waals surface area contributed by atoms with Crippen molar-refractivity contribution in [3.8, 4) is 29.0 Å². The molecule has 0 aliphatic carbocycles. The molecule has 1 N–H and O–H groups in total. The Morgan fingerprint density at radius 2 is 1.82 bits per heavy atom. The summed E-state index contributed by atoms with van der Waals surface area (Å²) in [5.41, 5.74) is 2.06. The third kappa shape index (κ3) is 7.63. The summed E-state index contributed by atoms with van der Waals surface area (Å²) in [5.74, 6) is 1.45. The Morgan fingerprint density at radius 1 is 0.978 bits per heavy atom. The van der Waals surface area contributed by atoms with Crippen LogP contribution in [0.1, 0.15) is 34.3 Å². The van der Waals surface area contributed by atoms with Gasteiger partial charge in [0.25, 0.3) is 5.91 Å². The Hall–Kier alpha value is -4.84. The lowest BCUT2D eigenvalue weighted by Gasteiger charge is -2.39. The van der Waals surface area contributed by atoms with E-state index in [1.165, 1.54) is 19.1 Å². The number of benzene rings is 2. The number of likely N-dealkylation sites (N-methyl/N-ethyl adjacent to an activating group) is 1. The number of hydrogen-bond acceptors (Lipinski definition) is 9. The molecule has 3 aliphatic rings. The number of rotatable bonds is 4. The zero-order valence-corrected chi connectivity index (χ0v) is 25.9. The fourth-order valence-electron chi connectivity index (χ4n) is 5.44. The van der Waals surface area contributed by atoms with Crippen LogP contribution in [0.4, 0.5) is 0 Å². The van der Waals surface area contributed by atoms with E-state index in [0.717, 1.165) is 11.1 Å². The minimum atomic E-state index is -0.538. The predicted octanol–water partition coefficient (Wildman–Crippen LogP) is 3.22. The van der Waals surface area contributed by atoms with E-state index in [9.17, 15) is 14.4 Å². The summed E-state index contributed by atoms with van der Waals surface area (Å²) >= 11 is 0. The van der Waals surface area contributed by atoms with E-state index >= 15 is 0 Å². The number of aryl methyl sites for hydroxylation is 1. The maximum atomic E-state index is 13.6. The third-order valence-corrected chi connectivity index (χ3v) is 7.91. The number of pyridine rings is 1. The third-order valence-electron chi connectivity index (χ3n) is 7.91. The smallest absolute Gasteiger partial charge is 0.259 e. The first-order valence-corrected chi connectivity index (χ1v) is 14.7. The zero-order chi connectivity index (χ0) is 31.9. The minimum Gasteiger partial charge on any atom is -0.493 e. The lowest BCUT2D eigenvalue weighted by atomic mass is 10.00. The molecule has 12 heteroatoms. The van der Waals surface area contributed by atoms with Gasteiger partial charge in [0.1, 0.15) is 11.3 Å². The number of piperidine rings is 1. The van der Waals surface area contributed by atoms with Gasteiger partial charge in [-0.25, -0.2) is 0 Å². The molecule has 4 bridgehead atoms. The number of hydrogen-bond donors (Lipinski definition) is 1. The second-order valence-electron chi connectivity index (χ2n) is 11.0. The normalized spacial score (nSPS) is 19.3. The summed E-state index contributed by atoms with van der Waals surface area (Å²) in [6.07, 6.45) is 0.616. The van der Waals surface area contributed by atoms with Crippen molar-refractivity contribution >= 4 is 17.7 Å². The molecule has 4 heterocycles. The minimum absolute atomic E-state index is 0.0996. The molecule has 12 nitrogen and oxygen atoms in total. The number of methoxy groups -OCH3 is 3. The van der Waals surface area contributed by atoms with Crippen LogP contribution in [-0.4, -0.2) is 92.7 Å². The Kier molecular flexibility index (Phi) is 10.0. The van der Waals surface area contributed by atoms with Crippen LogP contribution in [0, 0.1) is 0 Å². The topological polar surface area (TPSA) is 129 Å². The lowest BCUT2D eigenvalue weighted by molar-refractivity contribution is -0.135. The van der Waals surface area contributed by atoms with Crippen LogP contribution < -0.4 is 24.3 Å². The van der Waals surface area contributed by atoms with Gasteiger partial charge in [-0.3, -0.25) is 14.4 Å². The van der Waals surface area contributed by atoms with Crippen LogP contribution in [0.3, 0.4) is 0 Å². The predicted molar refractivity (Wildman–Crippen MR) is 164 cm³/mol. The van der Waals surface area contributed by atoms with Crippen molar-refractivity contribution in [2.75, 3.05) is 48.0 Å². The average Bonchev–Trinajstić information content (AvgIpc) is 3.06. The Balaban J connectivity index is 1.40. The van der Waals surface area contributed by atoms with Crippen molar-refractivity contribution in [3.63, 3.8) is 0 Å². The number of carbonyl (C=O) groups is 3. The highest BCUT2D eigenvalue weighted by atomic mass is 16.5. The highest BCUT2D eigenvalue weighted by Gasteiger charge is 2.35. The van der Waals surface area contributed by atoms with Gasteiger partial charge >= 0.3 is 0 Å². The van der Waals surface area contributed by atoms with Crippen molar-refractivity contribution < 1.29 is 38.1 Å². The van der Waals surface area contributed by atoms with Crippen LogP contribution >= 0.6 is 0 Å². The van der Waals surface area contributed by atoms with Gasteiger partial charge in [-0.2, -0.15) is 4.98 Å². The molecule has 0 unspecified atom stereocenters. The van der Waals surface area contributed by atoms with Gasteiger partial charge in [-0.15, -0.1) is 0 Å². The van der Waals surface area contributed by atoms with Gasteiger partial charge in [0.05, 0.1) is 46.6 Å². The highest BCUT2D eigenvalue weighted by molar-refractivity contribution is 5.96. The molecule has 1 fully saturated rings. The number of ether oxygens (including phenoxy) is 5. The maximum absolute atomic E-state index is 13.6. The molecule has 3 aromatic rings. The molecule has 0 saturated carbocycles. The van der Waals surface area contributed by atoms with Gasteiger partial charge in [-0.1, -0.05) is 18.2 Å². The van der Waals surface area contributed by atoms with E-state index in [4.69, 9.17) is 23.7 Å². The summed E-state index contributed by atoms with van der Waals surface area (Å²) in [5, 5.41) is 3.05. The number of nitrogens with one attached hydrogen (secondary N) is 1. The first-order valence-electron chi connectivity index (χ1n) is 14.7. The summed E-state index contributed by atoms with van der Waals surface area (Å²) in [6.45, 7) is 0.693. The number of nitrogens with zero attached hydrogens (tertiary/aromatic N) is 3. The first-order chi connectivity index (χ1) is 21.8. The van der Waals surface area contributed by atoms with E-state index in [-0.39, 0.29) is 55.8 Å². The Bertz CT molecular complexity index is 1550. The second kappa shape index (κ2) is 14.3. The number of likely N-dealkylation sites (tertiary alicyclic amines) is 1. The standard InChI is InChI=1S/C33H38N4O8/c1-36-19-29(38)34-25-14-15-37(33(40)24-10-12-30(42-3)35-32(24)43-4)18-28(25)44-20-22-6-5-7-23(16-22)45-26-11-8-21(9-13-31(36)39)17-27(26)41-2/h5-8,10-12,16-17,25,28H,9,13-15,18-20H2,1-4H3,(H,34,38)/t25-,28-/m0/s1. The molecule has 45 heavy (non-hydrogen) atoms. The number of fused-ring (bicyclic) bond motifs is 9. The van der Waals surface area contributed by atoms with Crippen LogP contribution in [0.2, 0.25) is 0 Å². The monoisotopic (exact) mass is 618 g/mol. The number of aromatic nitrogens is 1. The van der Waals surface area contributed by atoms with Crippen molar-refractivity contribution in [1.82, 2.24) is 20.1 Å². The lowest BCUT2D eigenvalue weighted by Crippen LogP contribution is -2.57. The molecule has 238 valence electrons. The van der Waals surface area contributed by atoms with Gasteiger partial charge in [0, 0.05) is 32.6 Å². The SMILES string of the molecule is COc1ccc(C(=O)N2CC[C@@H]3NC(=O)CN(C)C(=O)CCc4ccc(c(OC)c4)Oc4cccc(c4)CO[C@H]3C2)c(OC)n1. The molecular formula is C33H38N4O8. The van der Waals surface area contributed by atoms with E-state index in [0.29, 0.717) is 48.1 Å². The quantitative estimate of drug-likeness (QED) is 0.469. The highest BCUT2D eigenvalue weighted by Crippen LogP contribution is 2.33. The molecule has 2 atom stereocenters. The molecule has 0 spiro atoms. The van der Waals surface area contributed by atoms with Crippen molar-refractivity contribution in [1.29, 1.82) is 0 Å². The van der Waals surface area contributed by atoms with Crippen molar-refractivity contribution in [2.24, 2.45) is 0 Å². The molecule has 2 aromatic carbocycles.